The van der Waals surface area contributed by atoms with Crippen molar-refractivity contribution in [3.63, 3.8) is 0 Å². The van der Waals surface area contributed by atoms with E-state index in [1.54, 1.807) is 0 Å². The summed E-state index contributed by atoms with van der Waals surface area (Å²) in [5.41, 5.74) is 0. The molecule has 0 amide bonds. The number of piperidine rings is 1. The van der Waals surface area contributed by atoms with Crippen LogP contribution < -0.4 is 0 Å². The van der Waals surface area contributed by atoms with Crippen LogP contribution >= 0.6 is 15.9 Å². The Hall–Kier alpha value is 0.390. The number of hydrogen-bond donors (Lipinski definition) is 0. The summed E-state index contributed by atoms with van der Waals surface area (Å²) in [5.74, 6) is 0.312. The van der Waals surface area contributed by atoms with Gasteiger partial charge in [-0.05, 0) is 25.7 Å². The molecule has 15 heavy (non-hydrogen) atoms. The normalized spacial score (nSPS) is 37.1. The maximum Gasteiger partial charge on any atom is 0.148 e. The Balaban J connectivity index is 1.94. The molecule has 0 aromatic rings. The van der Waals surface area contributed by atoms with Crippen molar-refractivity contribution in [2.45, 2.75) is 42.6 Å². The van der Waals surface area contributed by atoms with Crippen LogP contribution in [0.15, 0.2) is 0 Å². The molecule has 0 N–H and O–H groups in total. The van der Waals surface area contributed by atoms with Crippen molar-refractivity contribution in [1.82, 2.24) is 4.90 Å². The topological polar surface area (TPSA) is 37.4 Å². The zero-order chi connectivity index (χ0) is 11.1. The maximum atomic E-state index is 11.1. The monoisotopic (exact) mass is 295 g/mol. The summed E-state index contributed by atoms with van der Waals surface area (Å²) < 4.78 is 22.3. The van der Waals surface area contributed by atoms with Gasteiger partial charge in [0.25, 0.3) is 0 Å². The molecule has 0 aliphatic carbocycles. The second kappa shape index (κ2) is 4.34. The number of rotatable bonds is 3. The van der Waals surface area contributed by atoms with Crippen LogP contribution in [0.5, 0.6) is 0 Å². The number of halogens is 1. The average Bonchev–Trinajstić information content (AvgIpc) is 2.33. The van der Waals surface area contributed by atoms with Gasteiger partial charge in [0.15, 0.2) is 0 Å². The van der Waals surface area contributed by atoms with Gasteiger partial charge in [-0.25, -0.2) is 8.42 Å². The number of fused-ring (bicyclic) bond motifs is 2. The molecule has 2 aliphatic heterocycles. The minimum absolute atomic E-state index is 0.312. The molecule has 2 bridgehead atoms. The molecular weight excluding hydrogens is 278 g/mol. The maximum absolute atomic E-state index is 11.1. The molecule has 2 unspecified atom stereocenters. The smallest absolute Gasteiger partial charge is 0.148 e. The van der Waals surface area contributed by atoms with Gasteiger partial charge in [0, 0.05) is 29.7 Å². The highest BCUT2D eigenvalue weighted by Crippen LogP contribution is 2.38. The highest BCUT2D eigenvalue weighted by atomic mass is 79.9. The SMILES string of the molecule is CS(=O)(=O)CCN1C2CCC1CC(Br)C2. The Morgan fingerprint density at radius 1 is 1.27 bits per heavy atom. The minimum Gasteiger partial charge on any atom is -0.296 e. The summed E-state index contributed by atoms with van der Waals surface area (Å²) >= 11 is 3.68. The Kier molecular flexibility index (Phi) is 3.43. The third-order valence-corrected chi connectivity index (χ3v) is 5.22. The van der Waals surface area contributed by atoms with Gasteiger partial charge in [0.2, 0.25) is 0 Å². The Morgan fingerprint density at radius 3 is 2.27 bits per heavy atom. The predicted octanol–water partition coefficient (Wildman–Crippen LogP) is 1.42. The molecule has 2 aliphatic rings. The van der Waals surface area contributed by atoms with Crippen LogP contribution in [-0.4, -0.2) is 48.8 Å². The molecule has 3 nitrogen and oxygen atoms in total. The fourth-order valence-corrected chi connectivity index (χ4v) is 4.25. The van der Waals surface area contributed by atoms with Crippen molar-refractivity contribution >= 4 is 25.8 Å². The van der Waals surface area contributed by atoms with Gasteiger partial charge in [0.05, 0.1) is 5.75 Å². The highest BCUT2D eigenvalue weighted by molar-refractivity contribution is 9.09. The lowest BCUT2D eigenvalue weighted by atomic mass is 10.0. The van der Waals surface area contributed by atoms with E-state index in [4.69, 9.17) is 0 Å². The lowest BCUT2D eigenvalue weighted by Crippen LogP contribution is -2.45. The van der Waals surface area contributed by atoms with E-state index in [1.807, 2.05) is 0 Å². The number of sulfone groups is 1. The third-order valence-electron chi connectivity index (χ3n) is 3.55. The van der Waals surface area contributed by atoms with Gasteiger partial charge in [0.1, 0.15) is 9.84 Å². The van der Waals surface area contributed by atoms with Crippen LogP contribution in [0.1, 0.15) is 25.7 Å². The first-order valence-corrected chi connectivity index (χ1v) is 8.51. The fourth-order valence-electron chi connectivity index (χ4n) is 2.84. The number of hydrogen-bond acceptors (Lipinski definition) is 3. The molecule has 0 aromatic heterocycles. The molecule has 0 aromatic carbocycles. The molecule has 2 saturated heterocycles. The van der Waals surface area contributed by atoms with E-state index in [0.29, 0.717) is 22.7 Å². The zero-order valence-corrected chi connectivity index (χ0v) is 11.4. The van der Waals surface area contributed by atoms with Crippen LogP contribution in [-0.2, 0) is 9.84 Å². The van der Waals surface area contributed by atoms with Crippen molar-refractivity contribution < 1.29 is 8.42 Å². The van der Waals surface area contributed by atoms with Crippen molar-refractivity contribution in [2.75, 3.05) is 18.6 Å². The van der Waals surface area contributed by atoms with Gasteiger partial charge >= 0.3 is 0 Å². The first kappa shape index (κ1) is 11.9. The molecule has 0 radical (unpaired) electrons. The Morgan fingerprint density at radius 2 is 1.80 bits per heavy atom. The van der Waals surface area contributed by atoms with Gasteiger partial charge < -0.3 is 0 Å². The average molecular weight is 296 g/mol. The van der Waals surface area contributed by atoms with Crippen molar-refractivity contribution in [3.05, 3.63) is 0 Å². The van der Waals surface area contributed by atoms with Gasteiger partial charge in [-0.2, -0.15) is 0 Å². The molecule has 5 heteroatoms. The summed E-state index contributed by atoms with van der Waals surface area (Å²) in [4.78, 5) is 3.06. The Bertz CT molecular complexity index is 316. The van der Waals surface area contributed by atoms with E-state index in [-0.39, 0.29) is 0 Å². The van der Waals surface area contributed by atoms with E-state index in [9.17, 15) is 8.42 Å². The van der Waals surface area contributed by atoms with E-state index >= 15 is 0 Å². The van der Waals surface area contributed by atoms with Gasteiger partial charge in [-0.3, -0.25) is 4.90 Å². The van der Waals surface area contributed by atoms with Crippen molar-refractivity contribution in [2.24, 2.45) is 0 Å². The molecule has 2 rings (SSSR count). The molecule has 2 fully saturated rings. The lowest BCUT2D eigenvalue weighted by molar-refractivity contribution is 0.155. The van der Waals surface area contributed by atoms with E-state index in [1.165, 1.54) is 31.9 Å². The summed E-state index contributed by atoms with van der Waals surface area (Å²) in [7, 11) is -2.81. The van der Waals surface area contributed by atoms with Crippen LogP contribution in [0.2, 0.25) is 0 Å². The van der Waals surface area contributed by atoms with Gasteiger partial charge in [-0.15, -0.1) is 0 Å². The minimum atomic E-state index is -2.81. The summed E-state index contributed by atoms with van der Waals surface area (Å²) in [6, 6.07) is 1.24. The first-order chi connectivity index (χ1) is 6.96. The van der Waals surface area contributed by atoms with E-state index < -0.39 is 9.84 Å². The second-order valence-electron chi connectivity index (χ2n) is 4.82. The molecule has 0 saturated carbocycles. The molecular formula is C10H18BrNO2S. The van der Waals surface area contributed by atoms with E-state index in [0.717, 1.165) is 6.54 Å². The predicted molar refractivity (Wildman–Crippen MR) is 65.2 cm³/mol. The third kappa shape index (κ3) is 2.94. The standard InChI is InChI=1S/C10H18BrNO2S/c1-15(13,14)5-4-12-9-2-3-10(12)7-8(11)6-9/h8-10H,2-7H2,1H3. The zero-order valence-electron chi connectivity index (χ0n) is 9.02. The first-order valence-electron chi connectivity index (χ1n) is 5.53. The summed E-state index contributed by atoms with van der Waals surface area (Å²) in [6.45, 7) is 0.730. The fraction of sp³-hybridized carbons (Fsp3) is 1.00. The van der Waals surface area contributed by atoms with Crippen LogP contribution in [0, 0.1) is 0 Å². The highest BCUT2D eigenvalue weighted by Gasteiger charge is 2.39. The second-order valence-corrected chi connectivity index (χ2v) is 8.38. The number of nitrogens with zero attached hydrogens (tertiary/aromatic N) is 1. The van der Waals surface area contributed by atoms with Crippen LogP contribution in [0.25, 0.3) is 0 Å². The van der Waals surface area contributed by atoms with E-state index in [2.05, 4.69) is 20.8 Å². The molecule has 0 spiro atoms. The quantitative estimate of drug-likeness (QED) is 0.739. The van der Waals surface area contributed by atoms with Crippen molar-refractivity contribution in [1.29, 1.82) is 0 Å². The van der Waals surface area contributed by atoms with Crippen LogP contribution in [0.3, 0.4) is 0 Å². The summed E-state index contributed by atoms with van der Waals surface area (Å²) in [5, 5.41) is 0. The summed E-state index contributed by atoms with van der Waals surface area (Å²) in [6.07, 6.45) is 6.18. The number of alkyl halides is 1. The molecule has 2 atom stereocenters. The van der Waals surface area contributed by atoms with Gasteiger partial charge in [-0.1, -0.05) is 15.9 Å². The lowest BCUT2D eigenvalue weighted by Gasteiger charge is -2.36. The Labute approximate surface area is 100 Å². The largest absolute Gasteiger partial charge is 0.296 e. The molecule has 2 heterocycles. The molecule has 88 valence electrons. The van der Waals surface area contributed by atoms with Crippen LogP contribution in [0.4, 0.5) is 0 Å². The van der Waals surface area contributed by atoms with Crippen molar-refractivity contribution in [3.8, 4) is 0 Å².